The zero-order chi connectivity index (χ0) is 11.3. The fourth-order valence-electron chi connectivity index (χ4n) is 1.71. The summed E-state index contributed by atoms with van der Waals surface area (Å²) in [5, 5.41) is 8.42. The molecule has 1 aliphatic heterocycles. The number of piperidine rings is 1. The molecule has 1 N–H and O–H groups in total. The van der Waals surface area contributed by atoms with Crippen molar-refractivity contribution in [2.24, 2.45) is 5.92 Å². The van der Waals surface area contributed by atoms with Gasteiger partial charge in [0, 0.05) is 19.5 Å². The molecule has 15 heavy (non-hydrogen) atoms. The topological polar surface area (TPSA) is 57.6 Å². The molecule has 1 rings (SSSR count). The third kappa shape index (κ3) is 3.85. The van der Waals surface area contributed by atoms with E-state index in [1.807, 2.05) is 0 Å². The standard InChI is InChI=1S/C10H16FNO3/c11-7-8-3-5-12(6-4-8)9(13)1-2-10(14)15/h8H,1-7H2,(H,14,15). The van der Waals surface area contributed by atoms with Crippen LogP contribution in [0.4, 0.5) is 4.39 Å². The predicted molar refractivity (Wildman–Crippen MR) is 52.1 cm³/mol. The van der Waals surface area contributed by atoms with Crippen molar-refractivity contribution >= 4 is 11.9 Å². The molecular weight excluding hydrogens is 201 g/mol. The van der Waals surface area contributed by atoms with Crippen molar-refractivity contribution in [1.29, 1.82) is 0 Å². The molecule has 0 spiro atoms. The van der Waals surface area contributed by atoms with Gasteiger partial charge >= 0.3 is 5.97 Å². The highest BCUT2D eigenvalue weighted by molar-refractivity contribution is 5.80. The van der Waals surface area contributed by atoms with E-state index in [1.54, 1.807) is 4.90 Å². The van der Waals surface area contributed by atoms with Crippen molar-refractivity contribution < 1.29 is 19.1 Å². The first-order valence-corrected chi connectivity index (χ1v) is 5.19. The minimum absolute atomic E-state index is 0.0512. The molecule has 1 saturated heterocycles. The largest absolute Gasteiger partial charge is 0.481 e. The van der Waals surface area contributed by atoms with Gasteiger partial charge in [-0.15, -0.1) is 0 Å². The van der Waals surface area contributed by atoms with Crippen LogP contribution in [-0.4, -0.2) is 41.6 Å². The number of halogens is 1. The molecule has 1 heterocycles. The summed E-state index contributed by atoms with van der Waals surface area (Å²) in [6.07, 6.45) is 1.31. The maximum Gasteiger partial charge on any atom is 0.303 e. The minimum atomic E-state index is -0.956. The van der Waals surface area contributed by atoms with Crippen LogP contribution >= 0.6 is 0 Å². The summed E-state index contributed by atoms with van der Waals surface area (Å²) in [4.78, 5) is 23.4. The Balaban J connectivity index is 2.27. The van der Waals surface area contributed by atoms with Crippen molar-refractivity contribution in [2.75, 3.05) is 19.8 Å². The first kappa shape index (κ1) is 11.9. The second-order valence-corrected chi connectivity index (χ2v) is 3.87. The van der Waals surface area contributed by atoms with Crippen molar-refractivity contribution in [2.45, 2.75) is 25.7 Å². The first-order valence-electron chi connectivity index (χ1n) is 5.19. The molecule has 0 saturated carbocycles. The van der Waals surface area contributed by atoms with Crippen LogP contribution in [0.15, 0.2) is 0 Å². The normalized spacial score (nSPS) is 17.8. The molecule has 0 unspecified atom stereocenters. The molecule has 5 heteroatoms. The summed E-state index contributed by atoms with van der Waals surface area (Å²) in [7, 11) is 0. The summed E-state index contributed by atoms with van der Waals surface area (Å²) in [5.74, 6) is -1.01. The van der Waals surface area contributed by atoms with Crippen molar-refractivity contribution in [3.8, 4) is 0 Å². The molecule has 1 amide bonds. The van der Waals surface area contributed by atoms with Gasteiger partial charge in [-0.1, -0.05) is 0 Å². The van der Waals surface area contributed by atoms with Crippen molar-refractivity contribution in [3.05, 3.63) is 0 Å². The minimum Gasteiger partial charge on any atom is -0.481 e. The fraction of sp³-hybridized carbons (Fsp3) is 0.800. The zero-order valence-corrected chi connectivity index (χ0v) is 8.62. The van der Waals surface area contributed by atoms with Gasteiger partial charge < -0.3 is 10.0 Å². The molecule has 0 aromatic carbocycles. The molecule has 0 radical (unpaired) electrons. The number of rotatable bonds is 4. The van der Waals surface area contributed by atoms with E-state index in [1.165, 1.54) is 0 Å². The number of carbonyl (C=O) groups is 2. The molecule has 0 aromatic heterocycles. The second-order valence-electron chi connectivity index (χ2n) is 3.87. The van der Waals surface area contributed by atoms with Crippen LogP contribution in [-0.2, 0) is 9.59 Å². The van der Waals surface area contributed by atoms with Gasteiger partial charge in [0.1, 0.15) is 0 Å². The zero-order valence-electron chi connectivity index (χ0n) is 8.62. The van der Waals surface area contributed by atoms with Gasteiger partial charge in [-0.2, -0.15) is 0 Å². The summed E-state index contributed by atoms with van der Waals surface area (Å²) >= 11 is 0. The van der Waals surface area contributed by atoms with E-state index >= 15 is 0 Å². The molecule has 0 aliphatic carbocycles. The monoisotopic (exact) mass is 217 g/mol. The predicted octanol–water partition coefficient (Wildman–Crippen LogP) is 1.06. The number of alkyl halides is 1. The highest BCUT2D eigenvalue weighted by Gasteiger charge is 2.22. The Morgan fingerprint density at radius 2 is 1.87 bits per heavy atom. The second kappa shape index (κ2) is 5.68. The Labute approximate surface area is 88.1 Å². The molecular formula is C10H16FNO3. The number of amides is 1. The van der Waals surface area contributed by atoms with E-state index in [9.17, 15) is 14.0 Å². The third-order valence-corrected chi connectivity index (χ3v) is 2.74. The molecule has 86 valence electrons. The Bertz CT molecular complexity index is 237. The maximum atomic E-state index is 12.3. The number of hydrogen-bond donors (Lipinski definition) is 1. The van der Waals surface area contributed by atoms with Gasteiger partial charge in [0.15, 0.2) is 0 Å². The lowest BCUT2D eigenvalue weighted by atomic mass is 9.98. The summed E-state index contributed by atoms with van der Waals surface area (Å²) in [6.45, 7) is 0.803. The Hall–Kier alpha value is -1.13. The molecule has 0 atom stereocenters. The van der Waals surface area contributed by atoms with Crippen LogP contribution in [0.5, 0.6) is 0 Å². The van der Waals surface area contributed by atoms with Gasteiger partial charge in [0.2, 0.25) is 5.91 Å². The average molecular weight is 217 g/mol. The van der Waals surface area contributed by atoms with Crippen LogP contribution in [0.1, 0.15) is 25.7 Å². The van der Waals surface area contributed by atoms with Crippen LogP contribution in [0, 0.1) is 5.92 Å². The number of carbonyl (C=O) groups excluding carboxylic acids is 1. The third-order valence-electron chi connectivity index (χ3n) is 2.74. The average Bonchev–Trinajstić information content (AvgIpc) is 2.26. The molecule has 1 fully saturated rings. The van der Waals surface area contributed by atoms with Gasteiger partial charge in [0.05, 0.1) is 13.1 Å². The van der Waals surface area contributed by atoms with E-state index in [0.717, 1.165) is 0 Å². The van der Waals surface area contributed by atoms with E-state index in [0.29, 0.717) is 25.9 Å². The lowest BCUT2D eigenvalue weighted by molar-refractivity contribution is -0.141. The fourth-order valence-corrected chi connectivity index (χ4v) is 1.71. The maximum absolute atomic E-state index is 12.3. The summed E-state index contributed by atoms with van der Waals surface area (Å²) < 4.78 is 12.3. The Morgan fingerprint density at radius 3 is 2.33 bits per heavy atom. The van der Waals surface area contributed by atoms with Gasteiger partial charge in [-0.05, 0) is 18.8 Å². The highest BCUT2D eigenvalue weighted by atomic mass is 19.1. The SMILES string of the molecule is O=C(O)CCC(=O)N1CCC(CF)CC1. The van der Waals surface area contributed by atoms with Crippen molar-refractivity contribution in [1.82, 2.24) is 4.90 Å². The quantitative estimate of drug-likeness (QED) is 0.766. The lowest BCUT2D eigenvalue weighted by Gasteiger charge is -2.30. The molecule has 0 bridgehead atoms. The smallest absolute Gasteiger partial charge is 0.303 e. The number of hydrogen-bond acceptors (Lipinski definition) is 2. The number of likely N-dealkylation sites (tertiary alicyclic amines) is 1. The van der Waals surface area contributed by atoms with Gasteiger partial charge in [0.25, 0.3) is 0 Å². The first-order chi connectivity index (χ1) is 7.13. The molecule has 4 nitrogen and oxygen atoms in total. The Morgan fingerprint density at radius 1 is 1.27 bits per heavy atom. The number of aliphatic carboxylic acids is 1. The van der Waals surface area contributed by atoms with E-state index in [-0.39, 0.29) is 31.3 Å². The van der Waals surface area contributed by atoms with Gasteiger partial charge in [-0.3, -0.25) is 14.0 Å². The van der Waals surface area contributed by atoms with Crippen LogP contribution in [0.3, 0.4) is 0 Å². The summed E-state index contributed by atoms with van der Waals surface area (Å²) in [6, 6.07) is 0. The van der Waals surface area contributed by atoms with E-state index < -0.39 is 5.97 Å². The lowest BCUT2D eigenvalue weighted by Crippen LogP contribution is -2.39. The number of carboxylic acids is 1. The van der Waals surface area contributed by atoms with Crippen LogP contribution in [0.25, 0.3) is 0 Å². The molecule has 0 aromatic rings. The van der Waals surface area contributed by atoms with Crippen LogP contribution in [0.2, 0.25) is 0 Å². The van der Waals surface area contributed by atoms with Crippen molar-refractivity contribution in [3.63, 3.8) is 0 Å². The summed E-state index contributed by atoms with van der Waals surface area (Å²) in [5.41, 5.74) is 0. The number of carboxylic acid groups (broad SMARTS) is 1. The van der Waals surface area contributed by atoms with E-state index in [4.69, 9.17) is 5.11 Å². The van der Waals surface area contributed by atoms with Crippen LogP contribution < -0.4 is 0 Å². The Kier molecular flexibility index (Phi) is 4.52. The van der Waals surface area contributed by atoms with E-state index in [2.05, 4.69) is 0 Å². The van der Waals surface area contributed by atoms with Gasteiger partial charge in [-0.25, -0.2) is 0 Å². The number of nitrogens with zero attached hydrogens (tertiary/aromatic N) is 1. The highest BCUT2D eigenvalue weighted by Crippen LogP contribution is 2.18. The molecule has 1 aliphatic rings.